The molecule has 3 aromatic rings. The van der Waals surface area contributed by atoms with E-state index in [4.69, 9.17) is 4.74 Å². The van der Waals surface area contributed by atoms with Crippen LogP contribution in [0.1, 0.15) is 29.9 Å². The van der Waals surface area contributed by atoms with Crippen molar-refractivity contribution in [2.75, 3.05) is 19.7 Å². The monoisotopic (exact) mass is 388 g/mol. The van der Waals surface area contributed by atoms with Crippen molar-refractivity contribution in [3.05, 3.63) is 91.1 Å². The van der Waals surface area contributed by atoms with Crippen LogP contribution in [-0.4, -0.2) is 39.8 Å². The molecule has 0 radical (unpaired) electrons. The average Bonchev–Trinajstić information content (AvgIpc) is 3.25. The molecule has 1 unspecified atom stereocenters. The van der Waals surface area contributed by atoms with Gasteiger partial charge in [-0.25, -0.2) is 4.98 Å². The minimum absolute atomic E-state index is 0.0736. The Kier molecular flexibility index (Phi) is 6.98. The van der Waals surface area contributed by atoms with Crippen LogP contribution >= 0.6 is 0 Å². The van der Waals surface area contributed by atoms with Crippen LogP contribution in [0.5, 0.6) is 5.75 Å². The minimum Gasteiger partial charge on any atom is -0.494 e. The molecule has 0 fully saturated rings. The number of aryl methyl sites for hydroxylation is 1. The zero-order valence-corrected chi connectivity index (χ0v) is 17.1. The highest BCUT2D eigenvalue weighted by molar-refractivity contribution is 5.69. The van der Waals surface area contributed by atoms with Gasteiger partial charge in [0.05, 0.1) is 12.6 Å². The third-order valence-corrected chi connectivity index (χ3v) is 4.84. The molecule has 0 aliphatic heterocycles. The molecule has 1 aromatic heterocycles. The van der Waals surface area contributed by atoms with E-state index < -0.39 is 0 Å². The first-order valence-electron chi connectivity index (χ1n) is 9.82. The summed E-state index contributed by atoms with van der Waals surface area (Å²) in [6.07, 6.45) is 5.34. The molecule has 0 amide bonds. The van der Waals surface area contributed by atoms with Gasteiger partial charge in [0.15, 0.2) is 0 Å². The predicted molar refractivity (Wildman–Crippen MR) is 118 cm³/mol. The molecular formula is C24H28N4O. The lowest BCUT2D eigenvalue weighted by Crippen LogP contribution is -2.31. The van der Waals surface area contributed by atoms with Gasteiger partial charge in [-0.05, 0) is 54.3 Å². The first-order chi connectivity index (χ1) is 14.2. The number of H-pyrrole nitrogens is 1. The molecule has 29 heavy (non-hydrogen) atoms. The Morgan fingerprint density at radius 3 is 2.41 bits per heavy atom. The average molecular weight is 389 g/mol. The van der Waals surface area contributed by atoms with Crippen LogP contribution in [-0.2, 0) is 0 Å². The molecule has 150 valence electrons. The Labute approximate surface area is 172 Å². The van der Waals surface area contributed by atoms with Crippen molar-refractivity contribution in [3.8, 4) is 16.9 Å². The second kappa shape index (κ2) is 9.85. The number of nitrogens with one attached hydrogen (secondary N) is 1. The van der Waals surface area contributed by atoms with Crippen LogP contribution in [0.25, 0.3) is 11.1 Å². The second-order valence-electron chi connectivity index (χ2n) is 6.84. The van der Waals surface area contributed by atoms with Gasteiger partial charge in [0.1, 0.15) is 17.9 Å². The number of aromatic nitrogens is 3. The highest BCUT2D eigenvalue weighted by atomic mass is 16.5. The summed E-state index contributed by atoms with van der Waals surface area (Å²) in [5.41, 5.74) is 4.70. The fourth-order valence-corrected chi connectivity index (χ4v) is 3.52. The standard InChI is InChI=1S/C24H28N4O/c1-5-14-28(15-6-2)23(24-25-17-26-27-24)20-9-8-18(4)22(16-20)19-10-12-21(13-11-19)29-7-3/h5-6,8-13,16-17,23H,1-2,7,14-15H2,3-4H3,(H,25,26,27). The predicted octanol–water partition coefficient (Wildman–Crippen LogP) is 4.94. The third kappa shape index (κ3) is 4.81. The zero-order chi connectivity index (χ0) is 20.6. The van der Waals surface area contributed by atoms with E-state index >= 15 is 0 Å². The number of benzene rings is 2. The van der Waals surface area contributed by atoms with Crippen LogP contribution in [0.3, 0.4) is 0 Å². The number of hydrogen-bond donors (Lipinski definition) is 1. The van der Waals surface area contributed by atoms with Crippen molar-refractivity contribution in [1.82, 2.24) is 20.1 Å². The van der Waals surface area contributed by atoms with Gasteiger partial charge in [0.25, 0.3) is 0 Å². The van der Waals surface area contributed by atoms with Crippen molar-refractivity contribution in [2.45, 2.75) is 19.9 Å². The highest BCUT2D eigenvalue weighted by Gasteiger charge is 2.24. The minimum atomic E-state index is -0.0736. The van der Waals surface area contributed by atoms with Crippen molar-refractivity contribution < 1.29 is 4.74 Å². The van der Waals surface area contributed by atoms with Gasteiger partial charge in [-0.3, -0.25) is 10.00 Å². The number of rotatable bonds is 10. The molecule has 0 saturated carbocycles. The number of nitrogens with zero attached hydrogens (tertiary/aromatic N) is 3. The van der Waals surface area contributed by atoms with Crippen molar-refractivity contribution in [2.24, 2.45) is 0 Å². The number of ether oxygens (including phenoxy) is 1. The summed E-state index contributed by atoms with van der Waals surface area (Å²) in [7, 11) is 0. The molecule has 3 rings (SSSR count). The summed E-state index contributed by atoms with van der Waals surface area (Å²) in [4.78, 5) is 6.70. The first kappa shape index (κ1) is 20.6. The lowest BCUT2D eigenvalue weighted by atomic mass is 9.94. The lowest BCUT2D eigenvalue weighted by Gasteiger charge is -2.29. The molecule has 1 atom stereocenters. The van der Waals surface area contributed by atoms with Crippen molar-refractivity contribution >= 4 is 0 Å². The molecule has 5 heteroatoms. The molecule has 0 spiro atoms. The zero-order valence-electron chi connectivity index (χ0n) is 17.1. The SMILES string of the molecule is C=CCN(CC=C)C(c1ccc(C)c(-c2ccc(OCC)cc2)c1)c1ncn[nH]1. The molecule has 1 heterocycles. The van der Waals surface area contributed by atoms with Crippen LogP contribution in [0.15, 0.2) is 74.1 Å². The largest absolute Gasteiger partial charge is 0.494 e. The summed E-state index contributed by atoms with van der Waals surface area (Å²) in [6, 6.07) is 14.7. The van der Waals surface area contributed by atoms with Gasteiger partial charge in [0, 0.05) is 13.1 Å². The van der Waals surface area contributed by atoms with Crippen molar-refractivity contribution in [1.29, 1.82) is 0 Å². The smallest absolute Gasteiger partial charge is 0.146 e. The maximum atomic E-state index is 5.58. The van der Waals surface area contributed by atoms with Gasteiger partial charge in [-0.15, -0.1) is 13.2 Å². The molecule has 0 aliphatic carbocycles. The van der Waals surface area contributed by atoms with E-state index in [1.54, 1.807) is 6.33 Å². The molecule has 0 saturated heterocycles. The fraction of sp³-hybridized carbons (Fsp3) is 0.250. The van der Waals surface area contributed by atoms with Gasteiger partial charge in [0.2, 0.25) is 0 Å². The third-order valence-electron chi connectivity index (χ3n) is 4.84. The summed E-state index contributed by atoms with van der Waals surface area (Å²) in [6.45, 7) is 14.0. The molecule has 5 nitrogen and oxygen atoms in total. The molecule has 1 N–H and O–H groups in total. The molecule has 2 aromatic carbocycles. The van der Waals surface area contributed by atoms with Gasteiger partial charge < -0.3 is 4.74 Å². The first-order valence-corrected chi connectivity index (χ1v) is 9.82. The van der Waals surface area contributed by atoms with Crippen molar-refractivity contribution in [3.63, 3.8) is 0 Å². The van der Waals surface area contributed by atoms with E-state index in [2.05, 4.69) is 70.5 Å². The van der Waals surface area contributed by atoms with Crippen LogP contribution in [0.2, 0.25) is 0 Å². The summed E-state index contributed by atoms with van der Waals surface area (Å²) < 4.78 is 5.58. The fourth-order valence-electron chi connectivity index (χ4n) is 3.52. The summed E-state index contributed by atoms with van der Waals surface area (Å²) in [5, 5.41) is 7.11. The number of hydrogen-bond acceptors (Lipinski definition) is 4. The molecular weight excluding hydrogens is 360 g/mol. The Morgan fingerprint density at radius 1 is 1.10 bits per heavy atom. The number of aromatic amines is 1. The van der Waals surface area contributed by atoms with Crippen LogP contribution in [0.4, 0.5) is 0 Å². The quantitative estimate of drug-likeness (QED) is 0.500. The lowest BCUT2D eigenvalue weighted by molar-refractivity contribution is 0.269. The van der Waals surface area contributed by atoms with E-state index in [1.165, 1.54) is 11.1 Å². The van der Waals surface area contributed by atoms with E-state index in [0.29, 0.717) is 19.7 Å². The Morgan fingerprint density at radius 2 is 1.83 bits per heavy atom. The molecule has 0 bridgehead atoms. The van der Waals surface area contributed by atoms with Gasteiger partial charge in [-0.1, -0.05) is 36.4 Å². The van der Waals surface area contributed by atoms with E-state index in [9.17, 15) is 0 Å². The Bertz CT molecular complexity index is 922. The van der Waals surface area contributed by atoms with Gasteiger partial charge >= 0.3 is 0 Å². The van der Waals surface area contributed by atoms with Crippen LogP contribution < -0.4 is 4.74 Å². The summed E-state index contributed by atoms with van der Waals surface area (Å²) in [5.74, 6) is 1.68. The van der Waals surface area contributed by atoms with E-state index in [0.717, 1.165) is 22.7 Å². The van der Waals surface area contributed by atoms with Crippen LogP contribution in [0, 0.1) is 6.92 Å². The maximum Gasteiger partial charge on any atom is 0.146 e. The Hall–Kier alpha value is -3.18. The van der Waals surface area contributed by atoms with Gasteiger partial charge in [-0.2, -0.15) is 5.10 Å². The normalized spacial score (nSPS) is 12.0. The maximum absolute atomic E-state index is 5.58. The Balaban J connectivity index is 2.04. The topological polar surface area (TPSA) is 54.0 Å². The highest BCUT2D eigenvalue weighted by Crippen LogP contribution is 2.32. The van der Waals surface area contributed by atoms with E-state index in [-0.39, 0.29) is 6.04 Å². The molecule has 0 aliphatic rings. The summed E-state index contributed by atoms with van der Waals surface area (Å²) >= 11 is 0. The second-order valence-corrected chi connectivity index (χ2v) is 6.84. The van der Waals surface area contributed by atoms with E-state index in [1.807, 2.05) is 31.2 Å².